The van der Waals surface area contributed by atoms with Crippen LogP contribution in [0.5, 0.6) is 5.75 Å². The topological polar surface area (TPSA) is 9.23 Å². The van der Waals surface area contributed by atoms with Crippen molar-refractivity contribution in [3.63, 3.8) is 0 Å². The minimum absolute atomic E-state index is 0.647. The Morgan fingerprint density at radius 3 is 2.73 bits per heavy atom. The lowest BCUT2D eigenvalue weighted by atomic mass is 10.2. The molecule has 1 rings (SSSR count). The number of ether oxygens (including phenoxy) is 1. The molecule has 0 saturated heterocycles. The minimum Gasteiger partial charge on any atom is -0.495 e. The highest BCUT2D eigenvalue weighted by atomic mass is 35.5. The van der Waals surface area contributed by atoms with Gasteiger partial charge in [0, 0.05) is 0 Å². The molecule has 0 amide bonds. The van der Waals surface area contributed by atoms with Gasteiger partial charge in [0.1, 0.15) is 5.75 Å². The number of methoxy groups -OCH3 is 1. The zero-order valence-electron chi connectivity index (χ0n) is 6.43. The van der Waals surface area contributed by atoms with Gasteiger partial charge in [0.2, 0.25) is 0 Å². The summed E-state index contributed by atoms with van der Waals surface area (Å²) in [7, 11) is 1.60. The maximum atomic E-state index is 5.86. The fourth-order valence-electron chi connectivity index (χ4n) is 0.865. The second kappa shape index (κ2) is 3.63. The molecule has 59 valence electrons. The molecule has 0 saturated carbocycles. The maximum absolute atomic E-state index is 5.86. The Morgan fingerprint density at radius 1 is 1.55 bits per heavy atom. The van der Waals surface area contributed by atoms with Gasteiger partial charge >= 0.3 is 0 Å². The van der Waals surface area contributed by atoms with Crippen LogP contribution in [-0.4, -0.2) is 7.11 Å². The van der Waals surface area contributed by atoms with Crippen molar-refractivity contribution < 1.29 is 4.74 Å². The Kier molecular flexibility index (Phi) is 2.77. The monoisotopic (exact) mass is 169 g/mol. The van der Waals surface area contributed by atoms with Crippen LogP contribution in [0.3, 0.4) is 0 Å². The van der Waals surface area contributed by atoms with Crippen molar-refractivity contribution in [2.24, 2.45) is 0 Å². The Morgan fingerprint density at radius 2 is 2.27 bits per heavy atom. The van der Waals surface area contributed by atoms with E-state index in [1.165, 1.54) is 0 Å². The Bertz CT molecular complexity index is 245. The summed E-state index contributed by atoms with van der Waals surface area (Å²) >= 11 is 5.86. The summed E-state index contributed by atoms with van der Waals surface area (Å²) in [6, 6.07) is 5.67. The molecule has 11 heavy (non-hydrogen) atoms. The van der Waals surface area contributed by atoms with Crippen molar-refractivity contribution >= 4 is 11.6 Å². The van der Waals surface area contributed by atoms with E-state index in [0.29, 0.717) is 10.8 Å². The molecule has 0 aromatic heterocycles. The SMILES string of the molecule is [CH2]Cc1ccc(OC)c(Cl)c1. The Balaban J connectivity index is 2.99. The average molecular weight is 170 g/mol. The normalized spacial score (nSPS) is 9.73. The first-order valence-corrected chi connectivity index (χ1v) is 3.77. The largest absolute Gasteiger partial charge is 0.495 e. The molecule has 1 aromatic rings. The summed E-state index contributed by atoms with van der Waals surface area (Å²) in [6.07, 6.45) is 0.754. The molecule has 1 nitrogen and oxygen atoms in total. The van der Waals surface area contributed by atoms with Gasteiger partial charge in [0.05, 0.1) is 12.1 Å². The van der Waals surface area contributed by atoms with Gasteiger partial charge < -0.3 is 4.74 Å². The van der Waals surface area contributed by atoms with Gasteiger partial charge in [-0.3, -0.25) is 0 Å². The van der Waals surface area contributed by atoms with Crippen LogP contribution < -0.4 is 4.74 Å². The first-order chi connectivity index (χ1) is 5.27. The van der Waals surface area contributed by atoms with Gasteiger partial charge in [0.15, 0.2) is 0 Å². The van der Waals surface area contributed by atoms with E-state index in [1.54, 1.807) is 7.11 Å². The van der Waals surface area contributed by atoms with Crippen molar-refractivity contribution in [1.29, 1.82) is 0 Å². The van der Waals surface area contributed by atoms with Crippen LogP contribution in [0.15, 0.2) is 18.2 Å². The van der Waals surface area contributed by atoms with Crippen LogP contribution in [0.2, 0.25) is 5.02 Å². The molecular weight excluding hydrogens is 160 g/mol. The summed E-state index contributed by atoms with van der Waals surface area (Å²) in [5, 5.41) is 0.647. The van der Waals surface area contributed by atoms with Gasteiger partial charge in [-0.1, -0.05) is 17.7 Å². The van der Waals surface area contributed by atoms with E-state index in [0.717, 1.165) is 12.0 Å². The summed E-state index contributed by atoms with van der Waals surface area (Å²) in [6.45, 7) is 3.75. The van der Waals surface area contributed by atoms with E-state index in [9.17, 15) is 0 Å². The second-order valence-electron chi connectivity index (χ2n) is 2.22. The number of benzene rings is 1. The molecule has 0 aliphatic rings. The third-order valence-electron chi connectivity index (χ3n) is 1.50. The van der Waals surface area contributed by atoms with Crippen molar-refractivity contribution in [2.75, 3.05) is 7.11 Å². The third kappa shape index (κ3) is 1.87. The summed E-state index contributed by atoms with van der Waals surface area (Å²) < 4.78 is 4.99. The van der Waals surface area contributed by atoms with Crippen LogP contribution >= 0.6 is 11.6 Å². The predicted molar refractivity (Wildman–Crippen MR) is 47.1 cm³/mol. The summed E-state index contributed by atoms with van der Waals surface area (Å²) in [5.74, 6) is 0.712. The molecule has 0 aliphatic heterocycles. The Hall–Kier alpha value is -0.690. The summed E-state index contributed by atoms with van der Waals surface area (Å²) in [5.41, 5.74) is 1.12. The second-order valence-corrected chi connectivity index (χ2v) is 2.63. The van der Waals surface area contributed by atoms with Gasteiger partial charge in [-0.2, -0.15) is 0 Å². The molecular formula is C9H10ClO. The van der Waals surface area contributed by atoms with Gasteiger partial charge in [-0.15, -0.1) is 0 Å². The van der Waals surface area contributed by atoms with Gasteiger partial charge in [-0.05, 0) is 31.0 Å². The highest BCUT2D eigenvalue weighted by molar-refractivity contribution is 6.32. The van der Waals surface area contributed by atoms with E-state index in [-0.39, 0.29) is 0 Å². The van der Waals surface area contributed by atoms with Crippen LogP contribution in [0.1, 0.15) is 5.56 Å². The van der Waals surface area contributed by atoms with Gasteiger partial charge in [-0.25, -0.2) is 0 Å². The lowest BCUT2D eigenvalue weighted by Gasteiger charge is -2.03. The fraction of sp³-hybridized carbons (Fsp3) is 0.222. The molecule has 1 aromatic carbocycles. The quantitative estimate of drug-likeness (QED) is 0.662. The summed E-state index contributed by atoms with van der Waals surface area (Å²) in [4.78, 5) is 0. The zero-order valence-corrected chi connectivity index (χ0v) is 7.19. The van der Waals surface area contributed by atoms with Crippen molar-refractivity contribution in [1.82, 2.24) is 0 Å². The molecule has 0 spiro atoms. The van der Waals surface area contributed by atoms with E-state index in [2.05, 4.69) is 6.92 Å². The standard InChI is InChI=1S/C9H10ClO/c1-3-7-4-5-9(11-2)8(10)6-7/h4-6H,1,3H2,2H3. The molecule has 0 atom stereocenters. The van der Waals surface area contributed by atoms with E-state index in [4.69, 9.17) is 16.3 Å². The average Bonchev–Trinajstić information content (AvgIpc) is 2.04. The zero-order chi connectivity index (χ0) is 8.27. The van der Waals surface area contributed by atoms with Crippen LogP contribution in [0, 0.1) is 6.92 Å². The van der Waals surface area contributed by atoms with Crippen LogP contribution in [0.4, 0.5) is 0 Å². The first kappa shape index (κ1) is 8.41. The maximum Gasteiger partial charge on any atom is 0.137 e. The number of hydrogen-bond acceptors (Lipinski definition) is 1. The van der Waals surface area contributed by atoms with Crippen LogP contribution in [0.25, 0.3) is 0 Å². The molecule has 2 heteroatoms. The lowest BCUT2D eigenvalue weighted by Crippen LogP contribution is -1.85. The number of hydrogen-bond donors (Lipinski definition) is 0. The molecule has 0 aliphatic carbocycles. The minimum atomic E-state index is 0.647. The highest BCUT2D eigenvalue weighted by Crippen LogP contribution is 2.24. The predicted octanol–water partition coefficient (Wildman–Crippen LogP) is 2.73. The van der Waals surface area contributed by atoms with Crippen molar-refractivity contribution in [3.8, 4) is 5.75 Å². The van der Waals surface area contributed by atoms with E-state index in [1.807, 2.05) is 18.2 Å². The highest BCUT2D eigenvalue weighted by Gasteiger charge is 1.99. The molecule has 0 bridgehead atoms. The number of halogens is 1. The van der Waals surface area contributed by atoms with Crippen molar-refractivity contribution in [3.05, 3.63) is 35.7 Å². The fourth-order valence-corrected chi connectivity index (χ4v) is 1.15. The Labute approximate surface area is 71.9 Å². The van der Waals surface area contributed by atoms with E-state index < -0.39 is 0 Å². The van der Waals surface area contributed by atoms with Crippen molar-refractivity contribution in [2.45, 2.75) is 6.42 Å². The smallest absolute Gasteiger partial charge is 0.137 e. The third-order valence-corrected chi connectivity index (χ3v) is 1.80. The van der Waals surface area contributed by atoms with Gasteiger partial charge in [0.25, 0.3) is 0 Å². The van der Waals surface area contributed by atoms with Crippen LogP contribution in [-0.2, 0) is 6.42 Å². The number of rotatable bonds is 2. The lowest BCUT2D eigenvalue weighted by molar-refractivity contribution is 0.415. The molecule has 0 fully saturated rings. The molecule has 0 N–H and O–H groups in total. The van der Waals surface area contributed by atoms with E-state index >= 15 is 0 Å². The molecule has 1 radical (unpaired) electrons. The first-order valence-electron chi connectivity index (χ1n) is 3.39. The molecule has 0 heterocycles. The molecule has 0 unspecified atom stereocenters.